The van der Waals surface area contributed by atoms with E-state index in [1.165, 1.54) is 12.1 Å². The van der Waals surface area contributed by atoms with Crippen LogP contribution in [-0.4, -0.2) is 14.4 Å². The number of halogens is 1. The minimum absolute atomic E-state index is 0.0412. The lowest BCUT2D eigenvalue weighted by Gasteiger charge is -2.09. The lowest BCUT2D eigenvalue weighted by Crippen LogP contribution is -2.28. The van der Waals surface area contributed by atoms with Crippen molar-refractivity contribution in [3.63, 3.8) is 0 Å². The SMILES string of the molecule is NS(=O)(=O)c1ccc(CNC(=O)Nc2ccccc2I)cc1. The number of hydrogen-bond acceptors (Lipinski definition) is 3. The standard InChI is InChI=1S/C14H14IN3O3S/c15-12-3-1-2-4-13(12)18-14(19)17-9-10-5-7-11(8-6-10)22(16,20)21/h1-8H,9H2,(H2,16,20,21)(H2,17,18,19). The smallest absolute Gasteiger partial charge is 0.319 e. The van der Waals surface area contributed by atoms with Crippen LogP contribution < -0.4 is 15.8 Å². The molecule has 22 heavy (non-hydrogen) atoms. The monoisotopic (exact) mass is 431 g/mol. The zero-order chi connectivity index (χ0) is 16.2. The third kappa shape index (κ3) is 4.68. The molecule has 116 valence electrons. The lowest BCUT2D eigenvalue weighted by molar-refractivity contribution is 0.251. The summed E-state index contributed by atoms with van der Waals surface area (Å²) >= 11 is 2.13. The number of rotatable bonds is 4. The van der Waals surface area contributed by atoms with Gasteiger partial charge in [0.2, 0.25) is 10.0 Å². The fraction of sp³-hybridized carbons (Fsp3) is 0.0714. The second-order valence-electron chi connectivity index (χ2n) is 4.48. The fourth-order valence-corrected chi connectivity index (χ4v) is 2.75. The van der Waals surface area contributed by atoms with E-state index in [1.807, 2.05) is 24.3 Å². The largest absolute Gasteiger partial charge is 0.334 e. The van der Waals surface area contributed by atoms with Gasteiger partial charge in [0.1, 0.15) is 0 Å². The van der Waals surface area contributed by atoms with Crippen molar-refractivity contribution >= 4 is 44.3 Å². The number of benzene rings is 2. The summed E-state index contributed by atoms with van der Waals surface area (Å²) in [5.41, 5.74) is 1.50. The average Bonchev–Trinajstić information content (AvgIpc) is 2.47. The van der Waals surface area contributed by atoms with E-state index in [9.17, 15) is 13.2 Å². The minimum atomic E-state index is -3.70. The number of amides is 2. The minimum Gasteiger partial charge on any atom is -0.334 e. The van der Waals surface area contributed by atoms with E-state index in [-0.39, 0.29) is 17.5 Å². The van der Waals surface area contributed by atoms with Gasteiger partial charge >= 0.3 is 6.03 Å². The van der Waals surface area contributed by atoms with E-state index in [1.54, 1.807) is 12.1 Å². The average molecular weight is 431 g/mol. The van der Waals surface area contributed by atoms with Gasteiger partial charge in [0.25, 0.3) is 0 Å². The highest BCUT2D eigenvalue weighted by Crippen LogP contribution is 2.16. The lowest BCUT2D eigenvalue weighted by atomic mass is 10.2. The number of sulfonamides is 1. The second kappa shape index (κ2) is 7.07. The van der Waals surface area contributed by atoms with E-state index < -0.39 is 10.0 Å². The van der Waals surface area contributed by atoms with Gasteiger partial charge in [-0.1, -0.05) is 24.3 Å². The molecule has 0 fully saturated rings. The molecule has 0 aliphatic carbocycles. The van der Waals surface area contributed by atoms with Crippen LogP contribution in [0, 0.1) is 3.57 Å². The number of carbonyl (C=O) groups excluding carboxylic acids is 1. The van der Waals surface area contributed by atoms with Crippen molar-refractivity contribution in [2.24, 2.45) is 5.14 Å². The molecule has 0 aliphatic rings. The molecule has 0 aromatic heterocycles. The van der Waals surface area contributed by atoms with Gasteiger partial charge in [0.05, 0.1) is 10.6 Å². The molecule has 2 aromatic carbocycles. The quantitative estimate of drug-likeness (QED) is 0.648. The Morgan fingerprint density at radius 1 is 1.09 bits per heavy atom. The molecule has 0 radical (unpaired) electrons. The van der Waals surface area contributed by atoms with Crippen LogP contribution in [0.15, 0.2) is 53.4 Å². The molecule has 6 nitrogen and oxygen atoms in total. The van der Waals surface area contributed by atoms with E-state index in [2.05, 4.69) is 33.2 Å². The summed E-state index contributed by atoms with van der Waals surface area (Å²) in [6.07, 6.45) is 0. The van der Waals surface area contributed by atoms with Crippen molar-refractivity contribution in [3.8, 4) is 0 Å². The molecule has 0 saturated carbocycles. The van der Waals surface area contributed by atoms with Crippen LogP contribution >= 0.6 is 22.6 Å². The van der Waals surface area contributed by atoms with Gasteiger partial charge in [-0.05, 0) is 52.4 Å². The first kappa shape index (κ1) is 16.7. The highest BCUT2D eigenvalue weighted by molar-refractivity contribution is 14.1. The van der Waals surface area contributed by atoms with E-state index >= 15 is 0 Å². The van der Waals surface area contributed by atoms with E-state index in [0.717, 1.165) is 14.8 Å². The Labute approximate surface area is 142 Å². The number of anilines is 1. The van der Waals surface area contributed by atoms with Gasteiger partial charge < -0.3 is 10.6 Å². The first-order valence-electron chi connectivity index (χ1n) is 6.27. The maximum atomic E-state index is 11.8. The zero-order valence-corrected chi connectivity index (χ0v) is 14.4. The molecular formula is C14H14IN3O3S. The third-order valence-electron chi connectivity index (χ3n) is 2.83. The van der Waals surface area contributed by atoms with Gasteiger partial charge in [-0.3, -0.25) is 0 Å². The van der Waals surface area contributed by atoms with Crippen molar-refractivity contribution in [1.29, 1.82) is 0 Å². The molecule has 0 bridgehead atoms. The first-order valence-corrected chi connectivity index (χ1v) is 8.90. The highest BCUT2D eigenvalue weighted by atomic mass is 127. The number of para-hydroxylation sites is 1. The van der Waals surface area contributed by atoms with Gasteiger partial charge in [0.15, 0.2) is 0 Å². The normalized spacial score (nSPS) is 11.0. The predicted octanol–water partition coefficient (Wildman–Crippen LogP) is 2.26. The van der Waals surface area contributed by atoms with Crippen LogP contribution in [-0.2, 0) is 16.6 Å². The molecule has 8 heteroatoms. The Bertz CT molecular complexity index is 776. The van der Waals surface area contributed by atoms with Crippen LogP contribution in [0.25, 0.3) is 0 Å². The molecule has 0 saturated heterocycles. The summed E-state index contributed by atoms with van der Waals surface area (Å²) in [4.78, 5) is 11.9. The molecule has 0 aliphatic heterocycles. The van der Waals surface area contributed by atoms with Gasteiger partial charge in [-0.15, -0.1) is 0 Å². The summed E-state index contributed by atoms with van der Waals surface area (Å²) < 4.78 is 23.2. The van der Waals surface area contributed by atoms with E-state index in [0.29, 0.717) is 0 Å². The summed E-state index contributed by atoms with van der Waals surface area (Å²) in [5.74, 6) is 0. The van der Waals surface area contributed by atoms with Gasteiger partial charge in [0, 0.05) is 10.1 Å². The Morgan fingerprint density at radius 2 is 1.73 bits per heavy atom. The molecule has 0 unspecified atom stereocenters. The third-order valence-corrected chi connectivity index (χ3v) is 4.70. The number of carbonyl (C=O) groups is 1. The van der Waals surface area contributed by atoms with E-state index in [4.69, 9.17) is 5.14 Å². The molecule has 2 aromatic rings. The summed E-state index contributed by atoms with van der Waals surface area (Å²) in [6.45, 7) is 0.278. The zero-order valence-electron chi connectivity index (χ0n) is 11.4. The summed E-state index contributed by atoms with van der Waals surface area (Å²) in [7, 11) is -3.70. The summed E-state index contributed by atoms with van der Waals surface area (Å²) in [6, 6.07) is 13.1. The molecule has 4 N–H and O–H groups in total. The number of primary sulfonamides is 1. The Balaban J connectivity index is 1.93. The van der Waals surface area contributed by atoms with Crippen molar-refractivity contribution in [3.05, 3.63) is 57.7 Å². The maximum Gasteiger partial charge on any atom is 0.319 e. The topological polar surface area (TPSA) is 101 Å². The fourth-order valence-electron chi connectivity index (χ4n) is 1.71. The molecular weight excluding hydrogens is 417 g/mol. The van der Waals surface area contributed by atoms with Crippen molar-refractivity contribution in [2.75, 3.05) is 5.32 Å². The van der Waals surface area contributed by atoms with Crippen LogP contribution in [0.1, 0.15) is 5.56 Å². The number of nitrogens with two attached hydrogens (primary N) is 1. The molecule has 0 spiro atoms. The predicted molar refractivity (Wildman–Crippen MR) is 92.8 cm³/mol. The Hall–Kier alpha value is -1.65. The van der Waals surface area contributed by atoms with Crippen molar-refractivity contribution in [2.45, 2.75) is 11.4 Å². The van der Waals surface area contributed by atoms with Gasteiger partial charge in [-0.2, -0.15) is 0 Å². The second-order valence-corrected chi connectivity index (χ2v) is 7.20. The number of nitrogens with one attached hydrogen (secondary N) is 2. The summed E-state index contributed by atoms with van der Waals surface area (Å²) in [5, 5.41) is 10.5. The van der Waals surface area contributed by atoms with Crippen molar-refractivity contribution < 1.29 is 13.2 Å². The Morgan fingerprint density at radius 3 is 2.32 bits per heavy atom. The molecule has 2 rings (SSSR count). The number of urea groups is 1. The molecule has 0 atom stereocenters. The van der Waals surface area contributed by atoms with Crippen LogP contribution in [0.4, 0.5) is 10.5 Å². The first-order chi connectivity index (χ1) is 10.4. The van der Waals surface area contributed by atoms with Crippen molar-refractivity contribution in [1.82, 2.24) is 5.32 Å². The highest BCUT2D eigenvalue weighted by Gasteiger charge is 2.08. The van der Waals surface area contributed by atoms with Crippen LogP contribution in [0.3, 0.4) is 0 Å². The number of hydrogen-bond donors (Lipinski definition) is 3. The molecule has 0 heterocycles. The Kier molecular flexibility index (Phi) is 5.37. The molecule has 2 amide bonds. The van der Waals surface area contributed by atoms with Gasteiger partial charge in [-0.25, -0.2) is 18.4 Å². The van der Waals surface area contributed by atoms with Crippen LogP contribution in [0.2, 0.25) is 0 Å². The maximum absolute atomic E-state index is 11.8. The van der Waals surface area contributed by atoms with Crippen LogP contribution in [0.5, 0.6) is 0 Å².